The molecule has 0 bridgehead atoms. The van der Waals surface area contributed by atoms with Crippen molar-refractivity contribution in [2.75, 3.05) is 57.3 Å². The van der Waals surface area contributed by atoms with Gasteiger partial charge in [-0.05, 0) is 84.3 Å². The highest BCUT2D eigenvalue weighted by Crippen LogP contribution is 2.52. The van der Waals surface area contributed by atoms with Crippen molar-refractivity contribution in [1.29, 1.82) is 0 Å². The number of aromatic nitrogens is 3. The number of amides is 2. The minimum atomic E-state index is -0.497. The highest BCUT2D eigenvalue weighted by molar-refractivity contribution is 5.97. The molecule has 1 saturated carbocycles. The van der Waals surface area contributed by atoms with Crippen LogP contribution in [0.25, 0.3) is 0 Å². The second kappa shape index (κ2) is 14.6. The molecule has 7 rings (SSSR count). The average Bonchev–Trinajstić information content (AvgIpc) is 3.05. The van der Waals surface area contributed by atoms with Crippen molar-refractivity contribution >= 4 is 17.6 Å². The van der Waals surface area contributed by atoms with Crippen LogP contribution < -0.4 is 19.7 Å². The zero-order valence-electron chi connectivity index (χ0n) is 31.0. The SMILES string of the molecule is CCN(C(=O)c1cc(F)ccc1Oc1cncnc1N1CC2(CC(Oc3ccnc4c3CN(CCCN3CC(C)(NC(C)=O)C3)CC4)C2)C1)C(C)C. The molecule has 0 unspecified atom stereocenters. The summed E-state index contributed by atoms with van der Waals surface area (Å²) in [6.45, 7) is 17.3. The van der Waals surface area contributed by atoms with Gasteiger partial charge in [0.25, 0.3) is 5.91 Å². The first-order valence-electron chi connectivity index (χ1n) is 18.6. The summed E-state index contributed by atoms with van der Waals surface area (Å²) < 4.78 is 27.2. The molecule has 3 aromatic rings. The van der Waals surface area contributed by atoms with E-state index in [2.05, 4.69) is 36.9 Å². The van der Waals surface area contributed by atoms with E-state index in [-0.39, 0.29) is 46.2 Å². The molecule has 5 heterocycles. The number of likely N-dealkylation sites (tertiary alicyclic amines) is 1. The summed E-state index contributed by atoms with van der Waals surface area (Å²) in [7, 11) is 0. The van der Waals surface area contributed by atoms with Gasteiger partial charge in [-0.15, -0.1) is 0 Å². The Bertz CT molecular complexity index is 1790. The summed E-state index contributed by atoms with van der Waals surface area (Å²) in [5.74, 6) is 1.57. The van der Waals surface area contributed by atoms with Crippen LogP contribution >= 0.6 is 0 Å². The molecule has 1 aliphatic carbocycles. The van der Waals surface area contributed by atoms with Gasteiger partial charge in [0.15, 0.2) is 11.6 Å². The number of fused-ring (bicyclic) bond motifs is 1. The van der Waals surface area contributed by atoms with E-state index >= 15 is 0 Å². The molecular weight excluding hydrogens is 663 g/mol. The fraction of sp³-hybridized carbons (Fsp3) is 0.564. The Hall–Kier alpha value is -4.36. The standard InChI is InChI=1S/C39H51FN8O4/c1-6-48(26(2)3)37(50)30-16-28(40)8-9-33(30)52-35-19-41-25-43-36(35)47-23-39(24-47)17-29(18-39)51-34-10-12-42-32-11-15-45(20-31(32)34)13-7-14-46-21-38(5,22-46)44-27(4)49/h8-10,12,16,19,25-26,29H,6-7,11,13-15,17-18,20-24H2,1-5H3,(H,44,49). The third kappa shape index (κ3) is 7.57. The highest BCUT2D eigenvalue weighted by atomic mass is 19.1. The number of ether oxygens (including phenoxy) is 2. The van der Waals surface area contributed by atoms with Gasteiger partial charge in [0.05, 0.1) is 17.3 Å². The van der Waals surface area contributed by atoms with Crippen LogP contribution in [0.4, 0.5) is 10.2 Å². The van der Waals surface area contributed by atoms with E-state index in [0.717, 1.165) is 89.5 Å². The first kappa shape index (κ1) is 36.0. The molecule has 12 nitrogen and oxygen atoms in total. The van der Waals surface area contributed by atoms with Gasteiger partial charge in [-0.1, -0.05) is 0 Å². The summed E-state index contributed by atoms with van der Waals surface area (Å²) in [4.78, 5) is 47.1. The largest absolute Gasteiger partial charge is 0.490 e. The molecule has 13 heteroatoms. The topological polar surface area (TPSA) is 116 Å². The second-order valence-corrected chi connectivity index (χ2v) is 15.7. The van der Waals surface area contributed by atoms with E-state index in [9.17, 15) is 14.0 Å². The van der Waals surface area contributed by atoms with Gasteiger partial charge in [-0.3, -0.25) is 24.4 Å². The van der Waals surface area contributed by atoms with Crippen molar-refractivity contribution in [3.8, 4) is 17.2 Å². The number of hydrogen-bond acceptors (Lipinski definition) is 10. The Morgan fingerprint density at radius 2 is 1.83 bits per heavy atom. The lowest BCUT2D eigenvalue weighted by Gasteiger charge is -2.59. The van der Waals surface area contributed by atoms with Crippen LogP contribution in [0.1, 0.15) is 75.5 Å². The van der Waals surface area contributed by atoms with E-state index in [1.165, 1.54) is 30.1 Å². The van der Waals surface area contributed by atoms with Crippen LogP contribution in [-0.2, 0) is 17.8 Å². The van der Waals surface area contributed by atoms with Gasteiger partial charge in [-0.2, -0.15) is 0 Å². The number of pyridine rings is 1. The third-order valence-corrected chi connectivity index (χ3v) is 11.0. The lowest BCUT2D eigenvalue weighted by molar-refractivity contribution is -0.123. The maximum absolute atomic E-state index is 14.3. The monoisotopic (exact) mass is 714 g/mol. The quantitative estimate of drug-likeness (QED) is 0.268. The predicted molar refractivity (Wildman–Crippen MR) is 195 cm³/mol. The second-order valence-electron chi connectivity index (χ2n) is 15.7. The summed E-state index contributed by atoms with van der Waals surface area (Å²) in [6, 6.07) is 6.00. The molecule has 3 aliphatic heterocycles. The highest BCUT2D eigenvalue weighted by Gasteiger charge is 2.54. The summed E-state index contributed by atoms with van der Waals surface area (Å²) >= 11 is 0. The van der Waals surface area contributed by atoms with Crippen molar-refractivity contribution in [3.63, 3.8) is 0 Å². The molecule has 1 aromatic carbocycles. The lowest BCUT2D eigenvalue weighted by Crippen LogP contribution is -2.68. The molecular formula is C39H51FN8O4. The molecule has 1 N–H and O–H groups in total. The molecule has 52 heavy (non-hydrogen) atoms. The predicted octanol–water partition coefficient (Wildman–Crippen LogP) is 4.68. The van der Waals surface area contributed by atoms with Crippen molar-refractivity contribution < 1.29 is 23.5 Å². The number of rotatable bonds is 13. The van der Waals surface area contributed by atoms with Gasteiger partial charge in [0, 0.05) is 88.1 Å². The van der Waals surface area contributed by atoms with Crippen LogP contribution in [0.3, 0.4) is 0 Å². The maximum Gasteiger partial charge on any atom is 0.257 e. The van der Waals surface area contributed by atoms with Crippen LogP contribution in [0.5, 0.6) is 17.2 Å². The minimum Gasteiger partial charge on any atom is -0.490 e. The molecule has 278 valence electrons. The van der Waals surface area contributed by atoms with Gasteiger partial charge in [-0.25, -0.2) is 14.4 Å². The Morgan fingerprint density at radius 1 is 1.06 bits per heavy atom. The molecule has 2 aromatic heterocycles. The normalized spacial score (nSPS) is 19.3. The van der Waals surface area contributed by atoms with Gasteiger partial charge in [0.2, 0.25) is 5.91 Å². The number of carbonyl (C=O) groups excluding carboxylic acids is 2. The number of benzene rings is 1. The zero-order chi connectivity index (χ0) is 36.6. The zero-order valence-corrected chi connectivity index (χ0v) is 31.0. The smallest absolute Gasteiger partial charge is 0.257 e. The maximum atomic E-state index is 14.3. The Kier molecular flexibility index (Phi) is 10.1. The van der Waals surface area contributed by atoms with Crippen LogP contribution in [0.15, 0.2) is 43.0 Å². The van der Waals surface area contributed by atoms with Crippen LogP contribution in [0, 0.1) is 11.2 Å². The number of nitrogens with zero attached hydrogens (tertiary/aromatic N) is 7. The molecule has 1 spiro atoms. The van der Waals surface area contributed by atoms with Crippen molar-refractivity contribution in [2.24, 2.45) is 5.41 Å². The first-order valence-corrected chi connectivity index (χ1v) is 18.6. The molecule has 0 radical (unpaired) electrons. The number of nitrogens with one attached hydrogen (secondary N) is 1. The van der Waals surface area contributed by atoms with Crippen LogP contribution in [-0.4, -0.2) is 112 Å². The van der Waals surface area contributed by atoms with Crippen molar-refractivity contribution in [1.82, 2.24) is 35.0 Å². The third-order valence-electron chi connectivity index (χ3n) is 11.0. The molecule has 3 fully saturated rings. The minimum absolute atomic E-state index is 0.0358. The summed E-state index contributed by atoms with van der Waals surface area (Å²) in [5.41, 5.74) is 2.57. The fourth-order valence-corrected chi connectivity index (χ4v) is 8.62. The van der Waals surface area contributed by atoms with E-state index in [4.69, 9.17) is 14.5 Å². The number of anilines is 1. The average molecular weight is 715 g/mol. The first-order chi connectivity index (χ1) is 24.9. The molecule has 2 amide bonds. The Labute approximate surface area is 305 Å². The van der Waals surface area contributed by atoms with Gasteiger partial charge < -0.3 is 24.6 Å². The Balaban J connectivity index is 0.920. The van der Waals surface area contributed by atoms with Crippen LogP contribution in [0.2, 0.25) is 0 Å². The summed E-state index contributed by atoms with van der Waals surface area (Å²) in [5, 5.41) is 3.07. The van der Waals surface area contributed by atoms with Crippen molar-refractivity contribution in [3.05, 3.63) is 65.6 Å². The number of hydrogen-bond donors (Lipinski definition) is 1. The van der Waals surface area contributed by atoms with Gasteiger partial charge in [0.1, 0.15) is 29.7 Å². The van der Waals surface area contributed by atoms with E-state index < -0.39 is 5.82 Å². The lowest BCUT2D eigenvalue weighted by atomic mass is 9.61. The molecule has 2 saturated heterocycles. The summed E-state index contributed by atoms with van der Waals surface area (Å²) in [6.07, 6.45) is 9.03. The van der Waals surface area contributed by atoms with E-state index in [1.54, 1.807) is 18.0 Å². The Morgan fingerprint density at radius 3 is 2.56 bits per heavy atom. The fourth-order valence-electron chi connectivity index (χ4n) is 8.62. The van der Waals surface area contributed by atoms with E-state index in [0.29, 0.717) is 18.1 Å². The van der Waals surface area contributed by atoms with E-state index in [1.807, 2.05) is 33.0 Å². The molecule has 4 aliphatic rings. The van der Waals surface area contributed by atoms with Crippen molar-refractivity contribution in [2.45, 2.75) is 84.5 Å². The van der Waals surface area contributed by atoms with Gasteiger partial charge >= 0.3 is 0 Å². The molecule has 0 atom stereocenters. The number of carbonyl (C=O) groups is 2. The number of halogens is 1.